The largest absolute Gasteiger partial charge is 0.491 e. The van der Waals surface area contributed by atoms with Crippen molar-refractivity contribution in [2.75, 3.05) is 13.6 Å². The van der Waals surface area contributed by atoms with Crippen LogP contribution in [0.1, 0.15) is 57.6 Å². The van der Waals surface area contributed by atoms with Crippen LogP contribution in [0.2, 0.25) is 0 Å². The number of benzene rings is 1. The lowest BCUT2D eigenvalue weighted by atomic mass is 9.94. The van der Waals surface area contributed by atoms with Crippen LogP contribution in [0, 0.1) is 0 Å². The molecule has 1 atom stereocenters. The molecule has 1 aliphatic rings. The molecule has 0 amide bonds. The van der Waals surface area contributed by atoms with E-state index in [2.05, 4.69) is 24.1 Å². The van der Waals surface area contributed by atoms with Gasteiger partial charge < -0.3 is 15.4 Å². The van der Waals surface area contributed by atoms with Crippen LogP contribution in [0.5, 0.6) is 5.75 Å². The number of rotatable bonds is 6. The van der Waals surface area contributed by atoms with Crippen molar-refractivity contribution in [2.45, 2.75) is 64.1 Å². The fourth-order valence-electron chi connectivity index (χ4n) is 3.15. The fraction of sp³-hybridized carbons (Fsp3) is 0.667. The molecular formula is C18H30N2O. The summed E-state index contributed by atoms with van der Waals surface area (Å²) in [7, 11) is 2.21. The molecule has 0 radical (unpaired) electrons. The highest BCUT2D eigenvalue weighted by atomic mass is 16.5. The second-order valence-corrected chi connectivity index (χ2v) is 6.57. The Bertz CT molecular complexity index is 410. The van der Waals surface area contributed by atoms with E-state index in [1.165, 1.54) is 37.7 Å². The maximum Gasteiger partial charge on any atom is 0.119 e. The number of nitrogens with two attached hydrogens (primary N) is 1. The van der Waals surface area contributed by atoms with Gasteiger partial charge in [0.1, 0.15) is 5.75 Å². The molecular weight excluding hydrogens is 260 g/mol. The third-order valence-electron chi connectivity index (χ3n) is 4.36. The minimum Gasteiger partial charge on any atom is -0.491 e. The van der Waals surface area contributed by atoms with E-state index in [0.29, 0.717) is 6.04 Å². The Labute approximate surface area is 129 Å². The molecule has 1 saturated carbocycles. The van der Waals surface area contributed by atoms with Crippen molar-refractivity contribution in [3.05, 3.63) is 29.8 Å². The number of hydrogen-bond acceptors (Lipinski definition) is 3. The summed E-state index contributed by atoms with van der Waals surface area (Å²) in [4.78, 5) is 2.45. The van der Waals surface area contributed by atoms with Crippen molar-refractivity contribution in [2.24, 2.45) is 5.73 Å². The van der Waals surface area contributed by atoms with Gasteiger partial charge >= 0.3 is 0 Å². The first-order valence-corrected chi connectivity index (χ1v) is 8.28. The molecule has 2 rings (SSSR count). The average Bonchev–Trinajstić information content (AvgIpc) is 2.48. The molecule has 3 heteroatoms. The summed E-state index contributed by atoms with van der Waals surface area (Å²) >= 11 is 0. The molecule has 0 bridgehead atoms. The third-order valence-corrected chi connectivity index (χ3v) is 4.36. The summed E-state index contributed by atoms with van der Waals surface area (Å²) < 4.78 is 5.67. The molecule has 1 aromatic rings. The summed E-state index contributed by atoms with van der Waals surface area (Å²) in [6.07, 6.45) is 6.99. The zero-order valence-corrected chi connectivity index (χ0v) is 13.7. The molecule has 3 nitrogen and oxygen atoms in total. The van der Waals surface area contributed by atoms with Crippen molar-refractivity contribution < 1.29 is 4.74 Å². The summed E-state index contributed by atoms with van der Waals surface area (Å²) in [6, 6.07) is 9.03. The molecule has 0 saturated heterocycles. The van der Waals surface area contributed by atoms with Gasteiger partial charge in [-0.3, -0.25) is 0 Å². The van der Waals surface area contributed by atoms with Crippen molar-refractivity contribution in [1.82, 2.24) is 4.90 Å². The van der Waals surface area contributed by atoms with E-state index in [9.17, 15) is 0 Å². The zero-order valence-electron chi connectivity index (χ0n) is 13.7. The average molecular weight is 290 g/mol. The molecule has 21 heavy (non-hydrogen) atoms. The van der Waals surface area contributed by atoms with Gasteiger partial charge in [0, 0.05) is 18.6 Å². The zero-order chi connectivity index (χ0) is 15.2. The molecule has 0 heterocycles. The quantitative estimate of drug-likeness (QED) is 0.867. The topological polar surface area (TPSA) is 38.5 Å². The van der Waals surface area contributed by atoms with Gasteiger partial charge in [-0.05, 0) is 51.4 Å². The Hall–Kier alpha value is -1.06. The van der Waals surface area contributed by atoms with Crippen molar-refractivity contribution in [3.63, 3.8) is 0 Å². The van der Waals surface area contributed by atoms with Crippen LogP contribution in [0.15, 0.2) is 24.3 Å². The molecule has 1 aromatic carbocycles. The second kappa shape index (κ2) is 7.81. The molecule has 118 valence electrons. The molecule has 0 aliphatic heterocycles. The van der Waals surface area contributed by atoms with Gasteiger partial charge in [0.05, 0.1) is 6.10 Å². The van der Waals surface area contributed by atoms with E-state index in [1.807, 2.05) is 26.0 Å². The van der Waals surface area contributed by atoms with Crippen LogP contribution in [-0.4, -0.2) is 30.6 Å². The molecule has 0 aromatic heterocycles. The number of likely N-dealkylation sites (N-methyl/N-ethyl adjacent to an activating group) is 1. The van der Waals surface area contributed by atoms with Crippen LogP contribution in [-0.2, 0) is 0 Å². The van der Waals surface area contributed by atoms with E-state index >= 15 is 0 Å². The molecule has 0 spiro atoms. The second-order valence-electron chi connectivity index (χ2n) is 6.57. The number of ether oxygens (including phenoxy) is 1. The van der Waals surface area contributed by atoms with Gasteiger partial charge in [-0.1, -0.05) is 31.4 Å². The summed E-state index contributed by atoms with van der Waals surface area (Å²) in [5.41, 5.74) is 7.56. The number of hydrogen-bond donors (Lipinski definition) is 1. The van der Waals surface area contributed by atoms with E-state index in [0.717, 1.165) is 12.3 Å². The lowest BCUT2D eigenvalue weighted by molar-refractivity contribution is 0.182. The summed E-state index contributed by atoms with van der Waals surface area (Å²) in [5, 5.41) is 0. The lowest BCUT2D eigenvalue weighted by Crippen LogP contribution is -2.38. The van der Waals surface area contributed by atoms with Crippen LogP contribution in [0.25, 0.3) is 0 Å². The van der Waals surface area contributed by atoms with E-state index in [1.54, 1.807) is 0 Å². The first-order chi connectivity index (χ1) is 10.1. The van der Waals surface area contributed by atoms with Crippen LogP contribution < -0.4 is 10.5 Å². The Balaban J connectivity index is 1.88. The van der Waals surface area contributed by atoms with Crippen LogP contribution >= 0.6 is 0 Å². The first-order valence-electron chi connectivity index (χ1n) is 8.28. The monoisotopic (exact) mass is 290 g/mol. The van der Waals surface area contributed by atoms with Crippen LogP contribution in [0.4, 0.5) is 0 Å². The highest BCUT2D eigenvalue weighted by Gasteiger charge is 2.20. The van der Waals surface area contributed by atoms with Gasteiger partial charge in [-0.2, -0.15) is 0 Å². The summed E-state index contributed by atoms with van der Waals surface area (Å²) in [5.74, 6) is 0.918. The fourth-order valence-corrected chi connectivity index (χ4v) is 3.15. The van der Waals surface area contributed by atoms with Gasteiger partial charge in [-0.15, -0.1) is 0 Å². The van der Waals surface area contributed by atoms with Crippen molar-refractivity contribution in [3.8, 4) is 5.75 Å². The minimum absolute atomic E-state index is 0.0741. The molecule has 1 aliphatic carbocycles. The third kappa shape index (κ3) is 5.01. The Kier molecular flexibility index (Phi) is 6.07. The van der Waals surface area contributed by atoms with Gasteiger partial charge in [0.15, 0.2) is 0 Å². The van der Waals surface area contributed by atoms with E-state index < -0.39 is 0 Å². The van der Waals surface area contributed by atoms with Crippen LogP contribution in [0.3, 0.4) is 0 Å². The van der Waals surface area contributed by atoms with Gasteiger partial charge in [0.2, 0.25) is 0 Å². The van der Waals surface area contributed by atoms with Gasteiger partial charge in [0.25, 0.3) is 0 Å². The predicted molar refractivity (Wildman–Crippen MR) is 88.6 cm³/mol. The first kappa shape index (κ1) is 16.3. The number of nitrogens with zero attached hydrogens (tertiary/aromatic N) is 1. The Morgan fingerprint density at radius 1 is 1.14 bits per heavy atom. The lowest BCUT2D eigenvalue weighted by Gasteiger charge is -2.33. The summed E-state index contributed by atoms with van der Waals surface area (Å²) in [6.45, 7) is 5.01. The normalized spacial score (nSPS) is 18.2. The minimum atomic E-state index is 0.0741. The van der Waals surface area contributed by atoms with E-state index in [-0.39, 0.29) is 12.1 Å². The maximum atomic E-state index is 6.37. The maximum absolute atomic E-state index is 6.37. The molecule has 1 unspecified atom stereocenters. The van der Waals surface area contributed by atoms with Crippen molar-refractivity contribution in [1.29, 1.82) is 0 Å². The standard InChI is InChI=1S/C18H30N2O/c1-14(2)21-17-11-9-15(10-12-17)18(19)13-20(3)16-7-5-4-6-8-16/h9-12,14,16,18H,4-8,13,19H2,1-3H3. The highest BCUT2D eigenvalue weighted by molar-refractivity contribution is 5.29. The molecule has 2 N–H and O–H groups in total. The predicted octanol–water partition coefficient (Wildman–Crippen LogP) is 3.74. The smallest absolute Gasteiger partial charge is 0.119 e. The SMILES string of the molecule is CC(C)Oc1ccc(C(N)CN(C)C2CCCCC2)cc1. The van der Waals surface area contributed by atoms with Crippen molar-refractivity contribution >= 4 is 0 Å². The van der Waals surface area contributed by atoms with Gasteiger partial charge in [-0.25, -0.2) is 0 Å². The van der Waals surface area contributed by atoms with E-state index in [4.69, 9.17) is 10.5 Å². The Morgan fingerprint density at radius 2 is 1.76 bits per heavy atom. The Morgan fingerprint density at radius 3 is 2.33 bits per heavy atom. The molecule has 1 fully saturated rings. The highest BCUT2D eigenvalue weighted by Crippen LogP contribution is 2.24.